The molecular formula is C16H20O6. The van der Waals surface area contributed by atoms with E-state index in [1.165, 1.54) is 0 Å². The fraction of sp³-hybridized carbons (Fsp3) is 0.250. The van der Waals surface area contributed by atoms with Crippen LogP contribution in [-0.4, -0.2) is 46.9 Å². The van der Waals surface area contributed by atoms with Gasteiger partial charge in [0.2, 0.25) is 0 Å². The molecule has 0 unspecified atom stereocenters. The largest absolute Gasteiger partial charge is 0.508 e. The van der Waals surface area contributed by atoms with E-state index < -0.39 is 0 Å². The molecule has 0 aliphatic carbocycles. The summed E-state index contributed by atoms with van der Waals surface area (Å²) in [6.07, 6.45) is 0. The third kappa shape index (κ3) is 7.49. The molecule has 6 nitrogen and oxygen atoms in total. The van der Waals surface area contributed by atoms with Gasteiger partial charge in [-0.25, -0.2) is 0 Å². The Bertz CT molecular complexity index is 462. The molecule has 0 aliphatic rings. The lowest BCUT2D eigenvalue weighted by Gasteiger charge is -2.05. The summed E-state index contributed by atoms with van der Waals surface area (Å²) in [6.45, 7) is 0.696. The lowest BCUT2D eigenvalue weighted by atomic mass is 10.3. The Kier molecular flexibility index (Phi) is 8.44. The van der Waals surface area contributed by atoms with E-state index in [2.05, 4.69) is 4.74 Å². The first-order valence-electron chi connectivity index (χ1n) is 6.71. The van der Waals surface area contributed by atoms with Gasteiger partial charge in [-0.05, 0) is 48.5 Å². The van der Waals surface area contributed by atoms with Gasteiger partial charge < -0.3 is 29.9 Å². The van der Waals surface area contributed by atoms with E-state index in [9.17, 15) is 0 Å². The summed E-state index contributed by atoms with van der Waals surface area (Å²) in [5.41, 5.74) is 0. The molecule has 0 heterocycles. The molecule has 0 atom stereocenters. The van der Waals surface area contributed by atoms with Gasteiger partial charge in [-0.3, -0.25) is 0 Å². The van der Waals surface area contributed by atoms with E-state index in [4.69, 9.17) is 25.2 Å². The minimum Gasteiger partial charge on any atom is -0.508 e. The van der Waals surface area contributed by atoms with Crippen molar-refractivity contribution in [2.45, 2.75) is 0 Å². The van der Waals surface area contributed by atoms with E-state index in [1.54, 1.807) is 48.5 Å². The molecule has 22 heavy (non-hydrogen) atoms. The Morgan fingerprint density at radius 3 is 1.32 bits per heavy atom. The van der Waals surface area contributed by atoms with E-state index >= 15 is 0 Å². The Morgan fingerprint density at radius 1 is 0.636 bits per heavy atom. The molecule has 0 aliphatic heterocycles. The summed E-state index contributed by atoms with van der Waals surface area (Å²) in [5, 5.41) is 34.3. The summed E-state index contributed by atoms with van der Waals surface area (Å²) in [6, 6.07) is 12.9. The summed E-state index contributed by atoms with van der Waals surface area (Å²) in [7, 11) is 0. The standard InChI is InChI=1S/C12H10O3.C4H10O3/c13-9-1-5-11(6-2-9)15-12-7-3-10(14)4-8-12;5-1-3-7-4-2-6/h1-8,13-14H;5-6H,1-4H2. The molecule has 0 aromatic heterocycles. The molecule has 6 heteroatoms. The van der Waals surface area contributed by atoms with Crippen LogP contribution in [-0.2, 0) is 4.74 Å². The monoisotopic (exact) mass is 308 g/mol. The number of phenolic OH excluding ortho intramolecular Hbond substituents is 2. The lowest BCUT2D eigenvalue weighted by Crippen LogP contribution is -2.03. The first kappa shape index (κ1) is 17.8. The van der Waals surface area contributed by atoms with E-state index in [0.29, 0.717) is 24.7 Å². The number of ether oxygens (including phenoxy) is 2. The number of phenols is 2. The van der Waals surface area contributed by atoms with E-state index in [1.807, 2.05) is 0 Å². The van der Waals surface area contributed by atoms with Crippen molar-refractivity contribution < 1.29 is 29.9 Å². The van der Waals surface area contributed by atoms with Crippen molar-refractivity contribution in [3.63, 3.8) is 0 Å². The maximum Gasteiger partial charge on any atom is 0.127 e. The molecule has 0 saturated heterocycles. The number of hydrogen-bond acceptors (Lipinski definition) is 6. The topological polar surface area (TPSA) is 99.4 Å². The van der Waals surface area contributed by atoms with Crippen LogP contribution >= 0.6 is 0 Å². The average molecular weight is 308 g/mol. The molecule has 120 valence electrons. The van der Waals surface area contributed by atoms with Crippen LogP contribution in [0.3, 0.4) is 0 Å². The van der Waals surface area contributed by atoms with Crippen LogP contribution in [0.4, 0.5) is 0 Å². The van der Waals surface area contributed by atoms with Crippen LogP contribution < -0.4 is 4.74 Å². The van der Waals surface area contributed by atoms with Crippen molar-refractivity contribution in [1.82, 2.24) is 0 Å². The van der Waals surface area contributed by atoms with Crippen LogP contribution in [0.5, 0.6) is 23.0 Å². The van der Waals surface area contributed by atoms with Crippen LogP contribution in [0.1, 0.15) is 0 Å². The minimum atomic E-state index is 0.0278. The second kappa shape index (κ2) is 10.4. The van der Waals surface area contributed by atoms with Gasteiger partial charge in [-0.1, -0.05) is 0 Å². The highest BCUT2D eigenvalue weighted by molar-refractivity contribution is 5.36. The van der Waals surface area contributed by atoms with Crippen molar-refractivity contribution in [3.05, 3.63) is 48.5 Å². The number of aliphatic hydroxyl groups is 2. The van der Waals surface area contributed by atoms with Crippen LogP contribution in [0.15, 0.2) is 48.5 Å². The van der Waals surface area contributed by atoms with Crippen molar-refractivity contribution >= 4 is 0 Å². The van der Waals surface area contributed by atoms with Gasteiger partial charge in [0, 0.05) is 0 Å². The smallest absolute Gasteiger partial charge is 0.127 e. The summed E-state index contributed by atoms with van der Waals surface area (Å²) < 4.78 is 10.1. The number of benzene rings is 2. The van der Waals surface area contributed by atoms with Gasteiger partial charge in [0.05, 0.1) is 26.4 Å². The van der Waals surface area contributed by atoms with Crippen molar-refractivity contribution in [1.29, 1.82) is 0 Å². The maximum absolute atomic E-state index is 9.07. The molecule has 0 fully saturated rings. The normalized spacial score (nSPS) is 9.73. The van der Waals surface area contributed by atoms with Gasteiger partial charge >= 0.3 is 0 Å². The number of hydrogen-bond donors (Lipinski definition) is 4. The first-order valence-corrected chi connectivity index (χ1v) is 6.71. The van der Waals surface area contributed by atoms with Gasteiger partial charge in [-0.15, -0.1) is 0 Å². The fourth-order valence-corrected chi connectivity index (χ4v) is 1.40. The fourth-order valence-electron chi connectivity index (χ4n) is 1.40. The van der Waals surface area contributed by atoms with Crippen LogP contribution in [0.2, 0.25) is 0 Å². The second-order valence-corrected chi connectivity index (χ2v) is 4.15. The Labute approximate surface area is 128 Å². The molecule has 2 rings (SSSR count). The lowest BCUT2D eigenvalue weighted by molar-refractivity contribution is 0.0650. The van der Waals surface area contributed by atoms with Gasteiger partial charge in [0.15, 0.2) is 0 Å². The summed E-state index contributed by atoms with van der Waals surface area (Å²) in [4.78, 5) is 0. The van der Waals surface area contributed by atoms with E-state index in [-0.39, 0.29) is 24.7 Å². The van der Waals surface area contributed by atoms with Crippen molar-refractivity contribution in [2.24, 2.45) is 0 Å². The van der Waals surface area contributed by atoms with Gasteiger partial charge in [-0.2, -0.15) is 0 Å². The molecular weight excluding hydrogens is 288 g/mol. The molecule has 0 radical (unpaired) electrons. The zero-order valence-electron chi connectivity index (χ0n) is 12.1. The summed E-state index contributed by atoms with van der Waals surface area (Å²) in [5.74, 6) is 1.68. The molecule has 0 amide bonds. The molecule has 4 N–H and O–H groups in total. The van der Waals surface area contributed by atoms with Gasteiger partial charge in [0.1, 0.15) is 23.0 Å². The SMILES string of the molecule is OCCOCCO.Oc1ccc(Oc2ccc(O)cc2)cc1. The van der Waals surface area contributed by atoms with Crippen LogP contribution in [0, 0.1) is 0 Å². The maximum atomic E-state index is 9.07. The third-order valence-corrected chi connectivity index (χ3v) is 2.38. The van der Waals surface area contributed by atoms with Crippen molar-refractivity contribution in [3.8, 4) is 23.0 Å². The Balaban J connectivity index is 0.000000295. The predicted molar refractivity (Wildman–Crippen MR) is 81.3 cm³/mol. The average Bonchev–Trinajstić information content (AvgIpc) is 2.53. The highest BCUT2D eigenvalue weighted by Gasteiger charge is 1.97. The number of aromatic hydroxyl groups is 2. The highest BCUT2D eigenvalue weighted by atomic mass is 16.5. The molecule has 0 bridgehead atoms. The van der Waals surface area contributed by atoms with Gasteiger partial charge in [0.25, 0.3) is 0 Å². The number of aliphatic hydroxyl groups excluding tert-OH is 2. The highest BCUT2D eigenvalue weighted by Crippen LogP contribution is 2.24. The Morgan fingerprint density at radius 2 is 1.00 bits per heavy atom. The predicted octanol–water partition coefficient (Wildman–Crippen LogP) is 1.88. The summed E-state index contributed by atoms with van der Waals surface area (Å²) >= 11 is 0. The van der Waals surface area contributed by atoms with E-state index in [0.717, 1.165) is 0 Å². The van der Waals surface area contributed by atoms with Crippen molar-refractivity contribution in [2.75, 3.05) is 26.4 Å². The second-order valence-electron chi connectivity index (χ2n) is 4.15. The molecule has 0 saturated carbocycles. The zero-order valence-corrected chi connectivity index (χ0v) is 12.1. The minimum absolute atomic E-state index is 0.0278. The first-order chi connectivity index (χ1) is 10.7. The molecule has 2 aromatic rings. The third-order valence-electron chi connectivity index (χ3n) is 2.38. The quantitative estimate of drug-likeness (QED) is 0.608. The number of rotatable bonds is 6. The van der Waals surface area contributed by atoms with Crippen LogP contribution in [0.25, 0.3) is 0 Å². The zero-order chi connectivity index (χ0) is 16.2. The Hall–Kier alpha value is -2.28. The molecule has 2 aromatic carbocycles. The molecule has 0 spiro atoms.